The maximum Gasteiger partial charge on any atom is 0.306 e. The molecular formula is C15H20O2. The van der Waals surface area contributed by atoms with E-state index in [9.17, 15) is 4.79 Å². The quantitative estimate of drug-likeness (QED) is 0.838. The molecule has 1 N–H and O–H groups in total. The first-order chi connectivity index (χ1) is 7.99. The number of aliphatic carboxylic acids is 1. The summed E-state index contributed by atoms with van der Waals surface area (Å²) in [5.41, 5.74) is 3.69. The van der Waals surface area contributed by atoms with Gasteiger partial charge in [0.2, 0.25) is 0 Å². The highest BCUT2D eigenvalue weighted by Crippen LogP contribution is 2.12. The summed E-state index contributed by atoms with van der Waals surface area (Å²) >= 11 is 0. The van der Waals surface area contributed by atoms with Crippen LogP contribution in [0.15, 0.2) is 24.3 Å². The van der Waals surface area contributed by atoms with Crippen LogP contribution in [0.3, 0.4) is 0 Å². The molecule has 2 heteroatoms. The van der Waals surface area contributed by atoms with Gasteiger partial charge in [-0.1, -0.05) is 48.4 Å². The second-order valence-corrected chi connectivity index (χ2v) is 4.64. The molecule has 1 aromatic rings. The highest BCUT2D eigenvalue weighted by atomic mass is 16.4. The molecule has 0 amide bonds. The van der Waals surface area contributed by atoms with E-state index in [-0.39, 0.29) is 5.92 Å². The van der Waals surface area contributed by atoms with Gasteiger partial charge in [0.1, 0.15) is 0 Å². The van der Waals surface area contributed by atoms with Crippen LogP contribution >= 0.6 is 0 Å². The minimum Gasteiger partial charge on any atom is -0.481 e. The number of carboxylic acids is 1. The van der Waals surface area contributed by atoms with Crippen molar-refractivity contribution in [2.75, 3.05) is 0 Å². The number of allylic oxidation sites excluding steroid dienone is 1. The third kappa shape index (κ3) is 4.85. The van der Waals surface area contributed by atoms with Gasteiger partial charge >= 0.3 is 5.97 Å². The Balaban J connectivity index is 2.51. The van der Waals surface area contributed by atoms with Crippen molar-refractivity contribution in [3.05, 3.63) is 41.0 Å². The predicted molar refractivity (Wildman–Crippen MR) is 71.0 cm³/mol. The van der Waals surface area contributed by atoms with Crippen molar-refractivity contribution in [1.29, 1.82) is 0 Å². The Bertz CT molecular complexity index is 399. The molecule has 0 radical (unpaired) electrons. The lowest BCUT2D eigenvalue weighted by Crippen LogP contribution is -2.08. The molecule has 1 unspecified atom stereocenters. The van der Waals surface area contributed by atoms with Crippen LogP contribution in [0.4, 0.5) is 0 Å². The van der Waals surface area contributed by atoms with E-state index in [0.717, 1.165) is 6.42 Å². The zero-order valence-corrected chi connectivity index (χ0v) is 10.7. The van der Waals surface area contributed by atoms with Crippen molar-refractivity contribution < 1.29 is 9.90 Å². The molecule has 0 aromatic heterocycles. The first kappa shape index (κ1) is 13.5. The molecule has 0 aliphatic carbocycles. The molecule has 0 fully saturated rings. The Morgan fingerprint density at radius 2 is 1.88 bits per heavy atom. The topological polar surface area (TPSA) is 37.3 Å². The summed E-state index contributed by atoms with van der Waals surface area (Å²) in [5.74, 6) is -0.983. The van der Waals surface area contributed by atoms with E-state index in [1.54, 1.807) is 6.92 Å². The number of benzene rings is 1. The number of rotatable bonds is 5. The molecule has 1 atom stereocenters. The van der Waals surface area contributed by atoms with Gasteiger partial charge in [0.15, 0.2) is 0 Å². The number of hydrogen-bond donors (Lipinski definition) is 1. The van der Waals surface area contributed by atoms with Crippen molar-refractivity contribution in [3.8, 4) is 0 Å². The highest BCUT2D eigenvalue weighted by molar-refractivity contribution is 5.69. The molecule has 0 saturated heterocycles. The standard InChI is InChI=1S/C15H20O2/c1-11-8-12(2)10-14(9-11)7-5-4-6-13(3)15(16)17/h5,7-10,13H,4,6H2,1-3H3,(H,16,17)/b7-5+. The fraction of sp³-hybridized carbons (Fsp3) is 0.400. The zero-order chi connectivity index (χ0) is 12.8. The second-order valence-electron chi connectivity index (χ2n) is 4.64. The monoisotopic (exact) mass is 232 g/mol. The van der Waals surface area contributed by atoms with E-state index in [1.807, 2.05) is 6.08 Å². The minimum absolute atomic E-state index is 0.265. The van der Waals surface area contributed by atoms with Gasteiger partial charge in [-0.15, -0.1) is 0 Å². The molecule has 0 bridgehead atoms. The van der Waals surface area contributed by atoms with Crippen molar-refractivity contribution >= 4 is 12.0 Å². The average molecular weight is 232 g/mol. The van der Waals surface area contributed by atoms with E-state index in [4.69, 9.17) is 5.11 Å². The van der Waals surface area contributed by atoms with E-state index >= 15 is 0 Å². The molecule has 0 saturated carbocycles. The van der Waals surface area contributed by atoms with Crippen LogP contribution < -0.4 is 0 Å². The van der Waals surface area contributed by atoms with E-state index in [2.05, 4.69) is 38.1 Å². The fourth-order valence-electron chi connectivity index (χ4n) is 1.80. The van der Waals surface area contributed by atoms with Gasteiger partial charge in [-0.3, -0.25) is 4.79 Å². The predicted octanol–water partition coefficient (Wildman–Crippen LogP) is 3.82. The summed E-state index contributed by atoms with van der Waals surface area (Å²) in [4.78, 5) is 10.6. The highest BCUT2D eigenvalue weighted by Gasteiger charge is 2.08. The Kier molecular flexibility index (Phi) is 4.95. The average Bonchev–Trinajstić information content (AvgIpc) is 2.22. The van der Waals surface area contributed by atoms with Crippen LogP contribution in [0.2, 0.25) is 0 Å². The van der Waals surface area contributed by atoms with Gasteiger partial charge in [-0.25, -0.2) is 0 Å². The van der Waals surface area contributed by atoms with E-state index in [1.165, 1.54) is 16.7 Å². The van der Waals surface area contributed by atoms with Gasteiger partial charge in [0.25, 0.3) is 0 Å². The molecular weight excluding hydrogens is 212 g/mol. The number of carbonyl (C=O) groups is 1. The molecule has 2 nitrogen and oxygen atoms in total. The van der Waals surface area contributed by atoms with Crippen LogP contribution in [-0.4, -0.2) is 11.1 Å². The Labute approximate surface area is 103 Å². The zero-order valence-electron chi connectivity index (χ0n) is 10.7. The summed E-state index contributed by atoms with van der Waals surface area (Å²) in [6.07, 6.45) is 5.61. The molecule has 92 valence electrons. The molecule has 1 aromatic carbocycles. The molecule has 1 rings (SSSR count). The fourth-order valence-corrected chi connectivity index (χ4v) is 1.80. The Morgan fingerprint density at radius 3 is 2.41 bits per heavy atom. The van der Waals surface area contributed by atoms with Gasteiger partial charge in [-0.2, -0.15) is 0 Å². The van der Waals surface area contributed by atoms with Crippen LogP contribution in [0.5, 0.6) is 0 Å². The maximum absolute atomic E-state index is 10.6. The second kappa shape index (κ2) is 6.24. The van der Waals surface area contributed by atoms with Crippen LogP contribution in [0.25, 0.3) is 6.08 Å². The van der Waals surface area contributed by atoms with Crippen LogP contribution in [-0.2, 0) is 4.79 Å². The Hall–Kier alpha value is -1.57. The van der Waals surface area contributed by atoms with Gasteiger partial charge < -0.3 is 5.11 Å². The number of carboxylic acid groups (broad SMARTS) is 1. The first-order valence-corrected chi connectivity index (χ1v) is 5.96. The van der Waals surface area contributed by atoms with Crippen molar-refractivity contribution in [3.63, 3.8) is 0 Å². The minimum atomic E-state index is -0.718. The third-order valence-electron chi connectivity index (χ3n) is 2.74. The van der Waals surface area contributed by atoms with E-state index < -0.39 is 5.97 Å². The van der Waals surface area contributed by atoms with Crippen LogP contribution in [0.1, 0.15) is 36.5 Å². The lowest BCUT2D eigenvalue weighted by atomic mass is 10.0. The Morgan fingerprint density at radius 1 is 1.29 bits per heavy atom. The summed E-state index contributed by atoms with van der Waals surface area (Å²) in [6, 6.07) is 6.40. The van der Waals surface area contributed by atoms with Crippen molar-refractivity contribution in [1.82, 2.24) is 0 Å². The summed E-state index contributed by atoms with van der Waals surface area (Å²) in [5, 5.41) is 8.75. The molecule has 0 aliphatic heterocycles. The molecule has 0 spiro atoms. The first-order valence-electron chi connectivity index (χ1n) is 5.96. The normalized spacial score (nSPS) is 12.9. The SMILES string of the molecule is Cc1cc(C)cc(/C=C/CCC(C)C(=O)O)c1. The van der Waals surface area contributed by atoms with Crippen LogP contribution in [0, 0.1) is 19.8 Å². The largest absolute Gasteiger partial charge is 0.481 e. The van der Waals surface area contributed by atoms with Crippen molar-refractivity contribution in [2.45, 2.75) is 33.6 Å². The molecule has 0 aliphatic rings. The molecule has 17 heavy (non-hydrogen) atoms. The molecule has 0 heterocycles. The van der Waals surface area contributed by atoms with Crippen molar-refractivity contribution in [2.24, 2.45) is 5.92 Å². The third-order valence-corrected chi connectivity index (χ3v) is 2.74. The number of hydrogen-bond acceptors (Lipinski definition) is 1. The van der Waals surface area contributed by atoms with E-state index in [0.29, 0.717) is 6.42 Å². The summed E-state index contributed by atoms with van der Waals surface area (Å²) in [6.45, 7) is 5.90. The van der Waals surface area contributed by atoms with Gasteiger partial charge in [0.05, 0.1) is 5.92 Å². The summed E-state index contributed by atoms with van der Waals surface area (Å²) < 4.78 is 0. The lowest BCUT2D eigenvalue weighted by molar-refractivity contribution is -0.141. The van der Waals surface area contributed by atoms with Gasteiger partial charge in [0, 0.05) is 0 Å². The smallest absolute Gasteiger partial charge is 0.306 e. The lowest BCUT2D eigenvalue weighted by Gasteiger charge is -2.02. The van der Waals surface area contributed by atoms with Gasteiger partial charge in [-0.05, 0) is 32.3 Å². The summed E-state index contributed by atoms with van der Waals surface area (Å²) in [7, 11) is 0. The maximum atomic E-state index is 10.6. The number of aryl methyl sites for hydroxylation is 2.